The summed E-state index contributed by atoms with van der Waals surface area (Å²) < 4.78 is 10.7. The summed E-state index contributed by atoms with van der Waals surface area (Å²) in [5.74, 6) is 1.22. The largest absolute Gasteiger partial charge is 0.454 e. The van der Waals surface area contributed by atoms with Crippen LogP contribution in [-0.2, 0) is 13.1 Å². The lowest BCUT2D eigenvalue weighted by molar-refractivity contribution is 0.102. The van der Waals surface area contributed by atoms with Crippen LogP contribution in [0, 0.1) is 0 Å². The summed E-state index contributed by atoms with van der Waals surface area (Å²) in [7, 11) is 0. The fraction of sp³-hybridized carbons (Fsp3) is 0.269. The third kappa shape index (κ3) is 4.93. The summed E-state index contributed by atoms with van der Waals surface area (Å²) in [5, 5.41) is 2.92. The molecule has 0 saturated carbocycles. The Morgan fingerprint density at radius 1 is 0.750 bits per heavy atom. The van der Waals surface area contributed by atoms with Crippen LogP contribution < -0.4 is 14.8 Å². The van der Waals surface area contributed by atoms with Crippen LogP contribution in [0.15, 0.2) is 72.8 Å². The van der Waals surface area contributed by atoms with E-state index >= 15 is 0 Å². The van der Waals surface area contributed by atoms with Gasteiger partial charge in [-0.25, -0.2) is 0 Å². The van der Waals surface area contributed by atoms with E-state index in [1.807, 2.05) is 30.3 Å². The molecule has 0 unspecified atom stereocenters. The molecule has 1 amide bonds. The molecular formula is C26H27N3O3. The second-order valence-electron chi connectivity index (χ2n) is 8.26. The first kappa shape index (κ1) is 20.5. The number of nitrogens with zero attached hydrogens (tertiary/aromatic N) is 2. The molecule has 2 aliphatic heterocycles. The topological polar surface area (TPSA) is 54.0 Å². The predicted octanol–water partition coefficient (Wildman–Crippen LogP) is 3.99. The number of ether oxygens (including phenoxy) is 2. The Balaban J connectivity index is 1.11. The van der Waals surface area contributed by atoms with E-state index in [0.29, 0.717) is 22.7 Å². The molecule has 1 saturated heterocycles. The van der Waals surface area contributed by atoms with E-state index in [4.69, 9.17) is 9.47 Å². The normalized spacial score (nSPS) is 16.1. The zero-order valence-corrected chi connectivity index (χ0v) is 18.0. The zero-order valence-electron chi connectivity index (χ0n) is 18.0. The van der Waals surface area contributed by atoms with Crippen LogP contribution in [0.1, 0.15) is 21.5 Å². The van der Waals surface area contributed by atoms with E-state index in [-0.39, 0.29) is 12.7 Å². The molecule has 6 heteroatoms. The van der Waals surface area contributed by atoms with Gasteiger partial charge in [0.15, 0.2) is 11.5 Å². The number of piperazine rings is 1. The average Bonchev–Trinajstić information content (AvgIpc) is 3.29. The van der Waals surface area contributed by atoms with Gasteiger partial charge in [0.2, 0.25) is 6.79 Å². The van der Waals surface area contributed by atoms with Crippen LogP contribution in [-0.4, -0.2) is 48.7 Å². The van der Waals surface area contributed by atoms with Crippen molar-refractivity contribution in [3.8, 4) is 11.5 Å². The maximum absolute atomic E-state index is 12.6. The van der Waals surface area contributed by atoms with Crippen LogP contribution in [0.25, 0.3) is 0 Å². The van der Waals surface area contributed by atoms with Gasteiger partial charge in [-0.2, -0.15) is 0 Å². The highest BCUT2D eigenvalue weighted by molar-refractivity contribution is 6.04. The summed E-state index contributed by atoms with van der Waals surface area (Å²) in [6, 6.07) is 23.9. The molecule has 1 fully saturated rings. The molecular weight excluding hydrogens is 402 g/mol. The van der Waals surface area contributed by atoms with E-state index in [1.54, 1.807) is 12.1 Å². The Labute approximate surface area is 188 Å². The van der Waals surface area contributed by atoms with E-state index < -0.39 is 0 Å². The van der Waals surface area contributed by atoms with Gasteiger partial charge in [0.25, 0.3) is 5.91 Å². The first-order valence-corrected chi connectivity index (χ1v) is 11.0. The van der Waals surface area contributed by atoms with Crippen LogP contribution >= 0.6 is 0 Å². The van der Waals surface area contributed by atoms with E-state index in [9.17, 15) is 4.79 Å². The Morgan fingerprint density at radius 3 is 2.06 bits per heavy atom. The SMILES string of the molecule is O=C(Nc1ccc2c(c1)OCO2)c1ccc(CN2CCN(Cc3ccccc3)CC2)cc1. The first-order chi connectivity index (χ1) is 15.7. The molecule has 3 aromatic rings. The lowest BCUT2D eigenvalue weighted by Gasteiger charge is -2.34. The molecule has 2 aliphatic rings. The van der Waals surface area contributed by atoms with Crippen molar-refractivity contribution in [3.05, 3.63) is 89.5 Å². The highest BCUT2D eigenvalue weighted by Crippen LogP contribution is 2.34. The molecule has 164 valence electrons. The standard InChI is InChI=1S/C26H27N3O3/c30-26(27-23-10-11-24-25(16-23)32-19-31-24)22-8-6-21(7-9-22)18-29-14-12-28(13-15-29)17-20-4-2-1-3-5-20/h1-11,16H,12-15,17-19H2,(H,27,30). The minimum absolute atomic E-state index is 0.134. The van der Waals surface area contributed by atoms with E-state index in [1.165, 1.54) is 11.1 Å². The number of amides is 1. The number of carbonyl (C=O) groups excluding carboxylic acids is 1. The highest BCUT2D eigenvalue weighted by Gasteiger charge is 2.18. The Hall–Kier alpha value is -3.35. The van der Waals surface area contributed by atoms with Gasteiger partial charge in [0.1, 0.15) is 0 Å². The monoisotopic (exact) mass is 429 g/mol. The minimum Gasteiger partial charge on any atom is -0.454 e. The van der Waals surface area contributed by atoms with Crippen LogP contribution in [0.5, 0.6) is 11.5 Å². The summed E-state index contributed by atoms with van der Waals surface area (Å²) in [6.07, 6.45) is 0. The summed E-state index contributed by atoms with van der Waals surface area (Å²) in [5.41, 5.74) is 3.92. The van der Waals surface area contributed by atoms with Crippen molar-refractivity contribution < 1.29 is 14.3 Å². The number of fused-ring (bicyclic) bond motifs is 1. The lowest BCUT2D eigenvalue weighted by Crippen LogP contribution is -2.45. The predicted molar refractivity (Wildman–Crippen MR) is 124 cm³/mol. The lowest BCUT2D eigenvalue weighted by atomic mass is 10.1. The summed E-state index contributed by atoms with van der Waals surface area (Å²) in [6.45, 7) is 6.40. The maximum Gasteiger partial charge on any atom is 0.255 e. The number of benzene rings is 3. The van der Waals surface area contributed by atoms with Crippen molar-refractivity contribution in [3.63, 3.8) is 0 Å². The van der Waals surface area contributed by atoms with Crippen LogP contribution in [0.2, 0.25) is 0 Å². The molecule has 0 spiro atoms. The Bertz CT molecular complexity index is 1060. The fourth-order valence-corrected chi connectivity index (χ4v) is 4.14. The van der Waals surface area contributed by atoms with Gasteiger partial charge in [0.05, 0.1) is 0 Å². The maximum atomic E-state index is 12.6. The molecule has 0 aromatic heterocycles. The molecule has 32 heavy (non-hydrogen) atoms. The highest BCUT2D eigenvalue weighted by atomic mass is 16.7. The van der Waals surface area contributed by atoms with Gasteiger partial charge >= 0.3 is 0 Å². The number of rotatable bonds is 6. The summed E-state index contributed by atoms with van der Waals surface area (Å²) in [4.78, 5) is 17.6. The Kier molecular flexibility index (Phi) is 6.05. The van der Waals surface area contributed by atoms with Crippen molar-refractivity contribution in [1.82, 2.24) is 9.80 Å². The van der Waals surface area contributed by atoms with E-state index in [2.05, 4.69) is 45.4 Å². The number of hydrogen-bond donors (Lipinski definition) is 1. The van der Waals surface area contributed by atoms with Gasteiger partial charge < -0.3 is 14.8 Å². The van der Waals surface area contributed by atoms with Gasteiger partial charge in [-0.1, -0.05) is 42.5 Å². The smallest absolute Gasteiger partial charge is 0.255 e. The second kappa shape index (κ2) is 9.42. The molecule has 2 heterocycles. The molecule has 1 N–H and O–H groups in total. The molecule has 3 aromatic carbocycles. The quantitative estimate of drug-likeness (QED) is 0.642. The summed E-state index contributed by atoms with van der Waals surface area (Å²) >= 11 is 0. The number of nitrogens with one attached hydrogen (secondary N) is 1. The van der Waals surface area contributed by atoms with E-state index in [0.717, 1.165) is 39.3 Å². The average molecular weight is 430 g/mol. The van der Waals surface area contributed by atoms with Gasteiger partial charge in [-0.05, 0) is 35.4 Å². The van der Waals surface area contributed by atoms with Crippen LogP contribution in [0.4, 0.5) is 5.69 Å². The van der Waals surface area contributed by atoms with Crippen molar-refractivity contribution in [2.24, 2.45) is 0 Å². The van der Waals surface area contributed by atoms with Crippen molar-refractivity contribution in [1.29, 1.82) is 0 Å². The number of carbonyl (C=O) groups is 1. The molecule has 0 bridgehead atoms. The number of anilines is 1. The van der Waals surface area contributed by atoms with Gasteiger partial charge in [-0.15, -0.1) is 0 Å². The molecule has 6 nitrogen and oxygen atoms in total. The second-order valence-corrected chi connectivity index (χ2v) is 8.26. The third-order valence-electron chi connectivity index (χ3n) is 5.97. The molecule has 0 radical (unpaired) electrons. The third-order valence-corrected chi connectivity index (χ3v) is 5.97. The van der Waals surface area contributed by atoms with Crippen molar-refractivity contribution in [2.45, 2.75) is 13.1 Å². The number of hydrogen-bond acceptors (Lipinski definition) is 5. The Morgan fingerprint density at radius 2 is 1.38 bits per heavy atom. The molecule has 0 atom stereocenters. The van der Waals surface area contributed by atoms with Gasteiger partial charge in [0, 0.05) is 56.6 Å². The molecule has 0 aliphatic carbocycles. The molecule has 5 rings (SSSR count). The van der Waals surface area contributed by atoms with Gasteiger partial charge in [-0.3, -0.25) is 14.6 Å². The van der Waals surface area contributed by atoms with Crippen molar-refractivity contribution >= 4 is 11.6 Å². The minimum atomic E-state index is -0.134. The van der Waals surface area contributed by atoms with Crippen LogP contribution in [0.3, 0.4) is 0 Å². The fourth-order valence-electron chi connectivity index (χ4n) is 4.14. The zero-order chi connectivity index (χ0) is 21.8. The van der Waals surface area contributed by atoms with Crippen molar-refractivity contribution in [2.75, 3.05) is 38.3 Å². The first-order valence-electron chi connectivity index (χ1n) is 11.0.